The van der Waals surface area contributed by atoms with Gasteiger partial charge in [0.15, 0.2) is 0 Å². The van der Waals surface area contributed by atoms with Crippen molar-refractivity contribution >= 4 is 22.9 Å². The number of amides is 2. The molecule has 2 fully saturated rings. The highest BCUT2D eigenvalue weighted by atomic mass is 16.6. The molecule has 2 aliphatic heterocycles. The summed E-state index contributed by atoms with van der Waals surface area (Å²) in [5.41, 5.74) is 1.59. The lowest BCUT2D eigenvalue weighted by Crippen LogP contribution is -2.53. The van der Waals surface area contributed by atoms with E-state index in [-0.39, 0.29) is 18.0 Å². The normalized spacial score (nSPS) is 20.2. The van der Waals surface area contributed by atoms with E-state index in [0.717, 1.165) is 16.7 Å². The van der Waals surface area contributed by atoms with Crippen LogP contribution in [0.2, 0.25) is 0 Å². The first-order valence-electron chi connectivity index (χ1n) is 7.94. The fourth-order valence-electron chi connectivity index (χ4n) is 3.48. The second-order valence-corrected chi connectivity index (χ2v) is 6.19. The van der Waals surface area contributed by atoms with Gasteiger partial charge in [0.25, 0.3) is 5.91 Å². The molecule has 24 heavy (non-hydrogen) atoms. The Bertz CT molecular complexity index is 829. The Kier molecular flexibility index (Phi) is 3.37. The monoisotopic (exact) mass is 329 g/mol. The number of hydrogen-bond acceptors (Lipinski definition) is 4. The molecule has 126 valence electrons. The molecule has 2 aromatic rings. The van der Waals surface area contributed by atoms with Crippen molar-refractivity contribution in [1.29, 1.82) is 0 Å². The summed E-state index contributed by atoms with van der Waals surface area (Å²) in [5.74, 6) is 0.740. The van der Waals surface area contributed by atoms with Gasteiger partial charge in [-0.3, -0.25) is 9.69 Å². The van der Waals surface area contributed by atoms with E-state index < -0.39 is 0 Å². The number of aromatic nitrogens is 1. The molecule has 1 aromatic carbocycles. The van der Waals surface area contributed by atoms with Gasteiger partial charge in [0.2, 0.25) is 0 Å². The zero-order valence-corrected chi connectivity index (χ0v) is 13.7. The Labute approximate surface area is 139 Å². The average molecular weight is 329 g/mol. The van der Waals surface area contributed by atoms with E-state index in [9.17, 15) is 9.59 Å². The molecular weight excluding hydrogens is 310 g/mol. The van der Waals surface area contributed by atoms with Gasteiger partial charge >= 0.3 is 6.09 Å². The van der Waals surface area contributed by atoms with Crippen LogP contribution in [-0.4, -0.2) is 65.8 Å². The van der Waals surface area contributed by atoms with E-state index in [2.05, 4.69) is 0 Å². The number of benzene rings is 1. The van der Waals surface area contributed by atoms with Gasteiger partial charge in [0.05, 0.1) is 18.7 Å². The third-order valence-electron chi connectivity index (χ3n) is 4.88. The molecule has 2 aliphatic rings. The summed E-state index contributed by atoms with van der Waals surface area (Å²) in [4.78, 5) is 28.0. The van der Waals surface area contributed by atoms with Crippen LogP contribution < -0.4 is 4.74 Å². The highest BCUT2D eigenvalue weighted by molar-refractivity contribution is 5.99. The molecular formula is C17H19N3O4. The minimum absolute atomic E-state index is 0.0216. The third-order valence-corrected chi connectivity index (χ3v) is 4.88. The number of carbonyl (C=O) groups is 2. The molecule has 1 atom stereocenters. The topological polar surface area (TPSA) is 64.0 Å². The largest absolute Gasteiger partial charge is 0.497 e. The fraction of sp³-hybridized carbons (Fsp3) is 0.412. The maximum Gasteiger partial charge on any atom is 0.410 e. The second-order valence-electron chi connectivity index (χ2n) is 6.19. The quantitative estimate of drug-likeness (QED) is 0.837. The smallest absolute Gasteiger partial charge is 0.410 e. The van der Waals surface area contributed by atoms with Gasteiger partial charge in [-0.05, 0) is 18.2 Å². The molecule has 2 amide bonds. The maximum absolute atomic E-state index is 12.9. The molecule has 7 heteroatoms. The van der Waals surface area contributed by atoms with Crippen molar-refractivity contribution in [2.24, 2.45) is 7.05 Å². The standard InChI is InChI=1S/C17H19N3O4/c1-18-14-8-13(23-2)4-3-11(14)7-15(18)16(21)19-5-6-20-12(9-19)10-24-17(20)22/h3-4,7-8,12H,5-6,9-10H2,1-2H3/t12-/m0/s1. The van der Waals surface area contributed by atoms with Gasteiger partial charge in [-0.2, -0.15) is 0 Å². The van der Waals surface area contributed by atoms with E-state index in [1.54, 1.807) is 16.9 Å². The highest BCUT2D eigenvalue weighted by Gasteiger charge is 2.39. The molecule has 0 spiro atoms. The van der Waals surface area contributed by atoms with Crippen molar-refractivity contribution in [2.45, 2.75) is 6.04 Å². The number of carbonyl (C=O) groups excluding carboxylic acids is 2. The van der Waals surface area contributed by atoms with Crippen molar-refractivity contribution in [1.82, 2.24) is 14.4 Å². The summed E-state index contributed by atoms with van der Waals surface area (Å²) < 4.78 is 12.2. The Balaban J connectivity index is 1.62. The number of cyclic esters (lactones) is 1. The molecule has 7 nitrogen and oxygen atoms in total. The number of methoxy groups -OCH3 is 1. The van der Waals surface area contributed by atoms with E-state index >= 15 is 0 Å². The summed E-state index contributed by atoms with van der Waals surface area (Å²) in [6.07, 6.45) is -0.274. The number of rotatable bonds is 2. The first-order chi connectivity index (χ1) is 11.6. The molecule has 2 saturated heterocycles. The maximum atomic E-state index is 12.9. The molecule has 0 aliphatic carbocycles. The van der Waals surface area contributed by atoms with Crippen LogP contribution in [0.3, 0.4) is 0 Å². The third kappa shape index (κ3) is 2.19. The minimum atomic E-state index is -0.274. The lowest BCUT2D eigenvalue weighted by atomic mass is 10.2. The summed E-state index contributed by atoms with van der Waals surface area (Å²) in [7, 11) is 3.51. The first-order valence-corrected chi connectivity index (χ1v) is 7.94. The van der Waals surface area contributed by atoms with Gasteiger partial charge in [-0.1, -0.05) is 0 Å². The van der Waals surface area contributed by atoms with Crippen molar-refractivity contribution in [3.8, 4) is 5.75 Å². The Morgan fingerprint density at radius 2 is 2.12 bits per heavy atom. The minimum Gasteiger partial charge on any atom is -0.497 e. The number of hydrogen-bond donors (Lipinski definition) is 0. The molecule has 0 saturated carbocycles. The van der Waals surface area contributed by atoms with Gasteiger partial charge in [-0.25, -0.2) is 4.79 Å². The van der Waals surface area contributed by atoms with Crippen LogP contribution in [0.15, 0.2) is 24.3 Å². The zero-order chi connectivity index (χ0) is 16.8. The summed E-state index contributed by atoms with van der Waals surface area (Å²) in [6, 6.07) is 7.63. The van der Waals surface area contributed by atoms with E-state index in [0.29, 0.717) is 31.9 Å². The molecule has 0 N–H and O–H groups in total. The van der Waals surface area contributed by atoms with Crippen molar-refractivity contribution in [2.75, 3.05) is 33.4 Å². The summed E-state index contributed by atoms with van der Waals surface area (Å²) in [6.45, 7) is 1.91. The lowest BCUT2D eigenvalue weighted by Gasteiger charge is -2.35. The van der Waals surface area contributed by atoms with Gasteiger partial charge in [0.1, 0.15) is 18.1 Å². The first kappa shape index (κ1) is 14.9. The van der Waals surface area contributed by atoms with E-state index in [1.807, 2.05) is 35.9 Å². The Hall–Kier alpha value is -2.70. The number of nitrogens with zero attached hydrogens (tertiary/aromatic N) is 3. The van der Waals surface area contributed by atoms with Crippen LogP contribution in [-0.2, 0) is 11.8 Å². The lowest BCUT2D eigenvalue weighted by molar-refractivity contribution is 0.0608. The number of fused-ring (bicyclic) bond motifs is 2. The van der Waals surface area contributed by atoms with Gasteiger partial charge < -0.3 is 18.9 Å². The molecule has 4 rings (SSSR count). The molecule has 0 bridgehead atoms. The van der Waals surface area contributed by atoms with Crippen LogP contribution >= 0.6 is 0 Å². The fourth-order valence-corrected chi connectivity index (χ4v) is 3.48. The van der Waals surface area contributed by atoms with Gasteiger partial charge in [0, 0.05) is 38.1 Å². The highest BCUT2D eigenvalue weighted by Crippen LogP contribution is 2.26. The molecule has 3 heterocycles. The van der Waals surface area contributed by atoms with Crippen LogP contribution in [0.5, 0.6) is 5.75 Å². The SMILES string of the molecule is COc1ccc2cc(C(=O)N3CCN4C(=O)OC[C@@H]4C3)n(C)c2c1. The van der Waals surface area contributed by atoms with Crippen molar-refractivity contribution in [3.05, 3.63) is 30.0 Å². The molecule has 0 radical (unpaired) electrons. The van der Waals surface area contributed by atoms with Crippen LogP contribution in [0, 0.1) is 0 Å². The van der Waals surface area contributed by atoms with Crippen LogP contribution in [0.1, 0.15) is 10.5 Å². The summed E-state index contributed by atoms with van der Waals surface area (Å²) in [5, 5.41) is 1.000. The average Bonchev–Trinajstić information content (AvgIpc) is 3.14. The predicted octanol–water partition coefficient (Wildman–Crippen LogP) is 1.46. The Morgan fingerprint density at radius 3 is 2.92 bits per heavy atom. The van der Waals surface area contributed by atoms with Crippen molar-refractivity contribution < 1.29 is 19.1 Å². The summed E-state index contributed by atoms with van der Waals surface area (Å²) >= 11 is 0. The number of piperazine rings is 1. The second kappa shape index (κ2) is 5.43. The predicted molar refractivity (Wildman–Crippen MR) is 87.2 cm³/mol. The molecule has 1 aromatic heterocycles. The van der Waals surface area contributed by atoms with Crippen molar-refractivity contribution in [3.63, 3.8) is 0 Å². The van der Waals surface area contributed by atoms with E-state index in [1.165, 1.54) is 0 Å². The van der Waals surface area contributed by atoms with Crippen LogP contribution in [0.25, 0.3) is 10.9 Å². The van der Waals surface area contributed by atoms with Crippen LogP contribution in [0.4, 0.5) is 4.79 Å². The number of ether oxygens (including phenoxy) is 2. The number of aryl methyl sites for hydroxylation is 1. The van der Waals surface area contributed by atoms with Gasteiger partial charge in [-0.15, -0.1) is 0 Å². The Morgan fingerprint density at radius 1 is 1.29 bits per heavy atom. The molecule has 0 unspecified atom stereocenters. The van der Waals surface area contributed by atoms with E-state index in [4.69, 9.17) is 9.47 Å². The zero-order valence-electron chi connectivity index (χ0n) is 13.7.